The quantitative estimate of drug-likeness (QED) is 0.248. The third-order valence-electron chi connectivity index (χ3n) is 4.31. The van der Waals surface area contributed by atoms with Gasteiger partial charge >= 0.3 is 0 Å². The number of hydrogen-bond donors (Lipinski definition) is 1. The van der Waals surface area contributed by atoms with Crippen LogP contribution in [0, 0.1) is 10.1 Å². The molecule has 0 aliphatic carbocycles. The van der Waals surface area contributed by atoms with Crippen LogP contribution in [0.3, 0.4) is 0 Å². The third-order valence-corrected chi connectivity index (χ3v) is 5.63. The molecule has 1 amide bonds. The van der Waals surface area contributed by atoms with Crippen LogP contribution in [0.1, 0.15) is 20.3 Å². The molecule has 8 nitrogen and oxygen atoms in total. The predicted molar refractivity (Wildman–Crippen MR) is 118 cm³/mol. The number of benzene rings is 2. The van der Waals surface area contributed by atoms with Crippen LogP contribution in [0.2, 0.25) is 5.02 Å². The van der Waals surface area contributed by atoms with Gasteiger partial charge in [0.05, 0.1) is 21.1 Å². The number of fused-ring (bicyclic) bond motifs is 1. The van der Waals surface area contributed by atoms with Gasteiger partial charge in [-0.25, -0.2) is 4.98 Å². The van der Waals surface area contributed by atoms with Crippen LogP contribution < -0.4 is 10.9 Å². The number of hydrogen-bond acceptors (Lipinski definition) is 6. The van der Waals surface area contributed by atoms with Crippen molar-refractivity contribution in [3.63, 3.8) is 0 Å². The van der Waals surface area contributed by atoms with E-state index in [1.54, 1.807) is 35.8 Å². The first-order valence-electron chi connectivity index (χ1n) is 9.22. The molecule has 1 aromatic heterocycles. The largest absolute Gasteiger partial charge is 0.325 e. The molecule has 1 atom stereocenters. The number of non-ortho nitro benzene ring substituents is 1. The average Bonchev–Trinajstić information content (AvgIpc) is 2.70. The van der Waals surface area contributed by atoms with E-state index < -0.39 is 10.2 Å². The topological polar surface area (TPSA) is 107 Å². The molecule has 1 heterocycles. The highest BCUT2D eigenvalue weighted by molar-refractivity contribution is 8.00. The maximum atomic E-state index is 12.9. The molecule has 0 fully saturated rings. The number of carbonyl (C=O) groups excluding carboxylic acids is 1. The highest BCUT2D eigenvalue weighted by Gasteiger charge is 2.20. The summed E-state index contributed by atoms with van der Waals surface area (Å²) in [4.78, 5) is 40.5. The van der Waals surface area contributed by atoms with Crippen molar-refractivity contribution >= 4 is 51.5 Å². The van der Waals surface area contributed by atoms with Crippen molar-refractivity contribution in [2.45, 2.75) is 37.2 Å². The molecule has 3 aromatic rings. The van der Waals surface area contributed by atoms with E-state index in [4.69, 9.17) is 11.6 Å². The van der Waals surface area contributed by atoms with Crippen LogP contribution in [0.25, 0.3) is 10.9 Å². The summed E-state index contributed by atoms with van der Waals surface area (Å²) in [5.41, 5.74) is 0.491. The van der Waals surface area contributed by atoms with Gasteiger partial charge in [-0.1, -0.05) is 36.4 Å². The van der Waals surface area contributed by atoms with E-state index in [0.29, 0.717) is 33.3 Å². The summed E-state index contributed by atoms with van der Waals surface area (Å²) in [7, 11) is 0. The minimum Gasteiger partial charge on any atom is -0.325 e. The summed E-state index contributed by atoms with van der Waals surface area (Å²) < 4.78 is 1.55. The van der Waals surface area contributed by atoms with Gasteiger partial charge in [0.2, 0.25) is 5.91 Å². The molecule has 0 radical (unpaired) electrons. The number of halogens is 1. The fourth-order valence-corrected chi connectivity index (χ4v) is 3.94. The number of rotatable bonds is 7. The van der Waals surface area contributed by atoms with Gasteiger partial charge in [-0.2, -0.15) is 0 Å². The van der Waals surface area contributed by atoms with Crippen molar-refractivity contribution in [2.24, 2.45) is 0 Å². The molecular weight excluding hydrogens is 428 g/mol. The van der Waals surface area contributed by atoms with E-state index in [2.05, 4.69) is 10.3 Å². The Labute approximate surface area is 181 Å². The fourth-order valence-electron chi connectivity index (χ4n) is 2.84. The molecule has 30 heavy (non-hydrogen) atoms. The summed E-state index contributed by atoms with van der Waals surface area (Å²) in [6.07, 6.45) is 0.725. The number of carbonyl (C=O) groups is 1. The predicted octanol–water partition coefficient (Wildman–Crippen LogP) is 4.49. The summed E-state index contributed by atoms with van der Waals surface area (Å²) >= 11 is 7.18. The summed E-state index contributed by atoms with van der Waals surface area (Å²) in [5, 5.41) is 14.3. The summed E-state index contributed by atoms with van der Waals surface area (Å²) in [6.45, 7) is 4.10. The van der Waals surface area contributed by atoms with Gasteiger partial charge in [-0.3, -0.25) is 24.3 Å². The summed E-state index contributed by atoms with van der Waals surface area (Å²) in [6, 6.07) is 10.6. The third kappa shape index (κ3) is 4.80. The lowest BCUT2D eigenvalue weighted by molar-refractivity contribution is -0.384. The molecule has 0 bridgehead atoms. The van der Waals surface area contributed by atoms with Crippen LogP contribution in [0.5, 0.6) is 0 Å². The number of nitro groups is 1. The van der Waals surface area contributed by atoms with Crippen molar-refractivity contribution < 1.29 is 9.72 Å². The molecule has 3 rings (SSSR count). The Morgan fingerprint density at radius 2 is 2.10 bits per heavy atom. The van der Waals surface area contributed by atoms with Crippen LogP contribution in [-0.4, -0.2) is 25.6 Å². The zero-order valence-corrected chi connectivity index (χ0v) is 17.9. The molecular formula is C20H19ClN4O4S. The van der Waals surface area contributed by atoms with E-state index in [0.717, 1.165) is 18.2 Å². The first-order valence-corrected chi connectivity index (χ1v) is 10.5. The van der Waals surface area contributed by atoms with Gasteiger partial charge in [0.1, 0.15) is 0 Å². The monoisotopic (exact) mass is 446 g/mol. The van der Waals surface area contributed by atoms with E-state index >= 15 is 0 Å². The number of anilines is 1. The van der Waals surface area contributed by atoms with Crippen LogP contribution in [0.4, 0.5) is 11.4 Å². The second-order valence-corrected chi connectivity index (χ2v) is 8.31. The Morgan fingerprint density at radius 1 is 1.33 bits per heavy atom. The Hall–Kier alpha value is -2.91. The lowest BCUT2D eigenvalue weighted by Crippen LogP contribution is -2.27. The van der Waals surface area contributed by atoms with Crippen molar-refractivity contribution in [3.8, 4) is 0 Å². The fraction of sp³-hybridized carbons (Fsp3) is 0.250. The second-order valence-electron chi connectivity index (χ2n) is 6.57. The lowest BCUT2D eigenvalue weighted by Gasteiger charge is -2.16. The van der Waals surface area contributed by atoms with Crippen molar-refractivity contribution in [1.82, 2.24) is 9.55 Å². The first-order chi connectivity index (χ1) is 14.3. The zero-order chi connectivity index (χ0) is 21.8. The molecule has 0 aliphatic heterocycles. The Morgan fingerprint density at radius 3 is 2.80 bits per heavy atom. The normalized spacial score (nSPS) is 12.0. The number of nitrogens with zero attached hydrogens (tertiary/aromatic N) is 3. The number of amides is 1. The smallest absolute Gasteiger partial charge is 0.271 e. The van der Waals surface area contributed by atoms with Crippen LogP contribution in [0.15, 0.2) is 52.4 Å². The zero-order valence-electron chi connectivity index (χ0n) is 16.3. The molecule has 0 unspecified atom stereocenters. The Kier molecular flexibility index (Phi) is 6.73. The molecule has 2 aromatic carbocycles. The van der Waals surface area contributed by atoms with Gasteiger partial charge in [-0.05, 0) is 37.6 Å². The minimum atomic E-state index is -0.601. The second kappa shape index (κ2) is 9.27. The Balaban J connectivity index is 1.88. The standard InChI is InChI=1S/C20H19ClN4O4S/c1-3-9-24-19(27)16-8-7-13(21)10-17(16)23-20(24)30-12(2)18(26)22-14-5-4-6-15(11-14)25(28)29/h4-8,10-12H,3,9H2,1-2H3,(H,22,26)/t12-/m1/s1. The number of thioether (sulfide) groups is 1. The average molecular weight is 447 g/mol. The SMILES string of the molecule is CCCn1c(S[C@H](C)C(=O)Nc2cccc([N+](=O)[O-])c2)nc2cc(Cl)ccc2c1=O. The van der Waals surface area contributed by atoms with Crippen molar-refractivity contribution in [2.75, 3.05) is 5.32 Å². The van der Waals surface area contributed by atoms with Gasteiger partial charge in [0.15, 0.2) is 5.16 Å². The van der Waals surface area contributed by atoms with Gasteiger partial charge in [0.25, 0.3) is 11.2 Å². The van der Waals surface area contributed by atoms with Gasteiger partial charge in [0, 0.05) is 29.4 Å². The van der Waals surface area contributed by atoms with Crippen LogP contribution >= 0.6 is 23.4 Å². The lowest BCUT2D eigenvalue weighted by atomic mass is 10.2. The molecule has 10 heteroatoms. The first kappa shape index (κ1) is 21.8. The van der Waals surface area contributed by atoms with E-state index in [1.165, 1.54) is 18.2 Å². The minimum absolute atomic E-state index is 0.113. The molecule has 0 saturated heterocycles. The van der Waals surface area contributed by atoms with Gasteiger partial charge < -0.3 is 5.32 Å². The molecule has 0 saturated carbocycles. The Bertz CT molecular complexity index is 1180. The summed E-state index contributed by atoms with van der Waals surface area (Å²) in [5.74, 6) is -0.357. The molecule has 0 spiro atoms. The van der Waals surface area contributed by atoms with Crippen LogP contribution in [-0.2, 0) is 11.3 Å². The maximum Gasteiger partial charge on any atom is 0.271 e. The molecule has 156 valence electrons. The van der Waals surface area contributed by atoms with E-state index in [9.17, 15) is 19.7 Å². The maximum absolute atomic E-state index is 12.9. The van der Waals surface area contributed by atoms with Crippen molar-refractivity contribution in [1.29, 1.82) is 0 Å². The molecule has 0 aliphatic rings. The number of nitro benzene ring substituents is 1. The van der Waals surface area contributed by atoms with E-state index in [1.807, 2.05) is 6.92 Å². The highest BCUT2D eigenvalue weighted by atomic mass is 35.5. The van der Waals surface area contributed by atoms with Gasteiger partial charge in [-0.15, -0.1) is 0 Å². The number of nitrogens with one attached hydrogen (secondary N) is 1. The van der Waals surface area contributed by atoms with E-state index in [-0.39, 0.29) is 17.2 Å². The number of aromatic nitrogens is 2. The molecule has 1 N–H and O–H groups in total. The van der Waals surface area contributed by atoms with Crippen molar-refractivity contribution in [3.05, 3.63) is 68.0 Å². The highest BCUT2D eigenvalue weighted by Crippen LogP contribution is 2.25.